The van der Waals surface area contributed by atoms with E-state index in [9.17, 15) is 0 Å². The molecule has 0 unspecified atom stereocenters. The summed E-state index contributed by atoms with van der Waals surface area (Å²) in [5.41, 5.74) is 1.08. The van der Waals surface area contributed by atoms with Gasteiger partial charge in [-0.2, -0.15) is 5.10 Å². The zero-order chi connectivity index (χ0) is 13.7. The van der Waals surface area contributed by atoms with Gasteiger partial charge in [0.05, 0.1) is 18.9 Å². The molecule has 2 aromatic rings. The van der Waals surface area contributed by atoms with Gasteiger partial charge in [-0.25, -0.2) is 0 Å². The van der Waals surface area contributed by atoms with E-state index < -0.39 is 0 Å². The van der Waals surface area contributed by atoms with Crippen LogP contribution in [-0.2, 0) is 19.7 Å². The Labute approximate surface area is 113 Å². The molecule has 0 spiro atoms. The maximum Gasteiger partial charge on any atom is 0.157 e. The minimum Gasteiger partial charge on any atom is -0.485 e. The van der Waals surface area contributed by atoms with E-state index in [1.165, 1.54) is 0 Å². The largest absolute Gasteiger partial charge is 0.485 e. The van der Waals surface area contributed by atoms with Gasteiger partial charge in [0.2, 0.25) is 0 Å². The molecule has 0 amide bonds. The molecule has 2 rings (SSSR count). The minimum absolute atomic E-state index is 0.511. The molecule has 0 saturated heterocycles. The van der Waals surface area contributed by atoms with Crippen LogP contribution < -0.4 is 10.1 Å². The summed E-state index contributed by atoms with van der Waals surface area (Å²) in [5, 5.41) is 7.30. The maximum atomic E-state index is 5.73. The molecule has 0 bridgehead atoms. The topological polar surface area (TPSA) is 52.2 Å². The van der Waals surface area contributed by atoms with E-state index >= 15 is 0 Å². The predicted octanol–water partition coefficient (Wildman–Crippen LogP) is 2.49. The van der Waals surface area contributed by atoms with E-state index in [0.717, 1.165) is 42.3 Å². The molecule has 0 aromatic carbocycles. The fourth-order valence-corrected chi connectivity index (χ4v) is 1.92. The number of rotatable bonds is 7. The molecule has 0 saturated carbocycles. The zero-order valence-electron chi connectivity index (χ0n) is 11.8. The highest BCUT2D eigenvalue weighted by molar-refractivity contribution is 5.21. The molecule has 0 aliphatic carbocycles. The van der Waals surface area contributed by atoms with E-state index in [0.29, 0.717) is 6.61 Å². The Morgan fingerprint density at radius 1 is 1.47 bits per heavy atom. The van der Waals surface area contributed by atoms with Gasteiger partial charge in [0, 0.05) is 12.1 Å². The first-order valence-corrected chi connectivity index (χ1v) is 6.61. The number of nitrogens with one attached hydrogen (secondary N) is 1. The van der Waals surface area contributed by atoms with Gasteiger partial charge in [-0.15, -0.1) is 0 Å². The first-order valence-electron chi connectivity index (χ1n) is 6.61. The van der Waals surface area contributed by atoms with Gasteiger partial charge in [0.1, 0.15) is 18.1 Å². The van der Waals surface area contributed by atoms with Crippen molar-refractivity contribution in [2.24, 2.45) is 0 Å². The highest BCUT2D eigenvalue weighted by atomic mass is 16.5. The number of ether oxygens (including phenoxy) is 1. The van der Waals surface area contributed by atoms with Gasteiger partial charge in [-0.05, 0) is 26.5 Å². The van der Waals surface area contributed by atoms with Crippen molar-refractivity contribution in [2.75, 3.05) is 7.05 Å². The third kappa shape index (κ3) is 3.61. The van der Waals surface area contributed by atoms with Crippen molar-refractivity contribution in [1.82, 2.24) is 15.1 Å². The van der Waals surface area contributed by atoms with Crippen LogP contribution in [-0.4, -0.2) is 16.8 Å². The molecule has 104 valence electrons. The average Bonchev–Trinajstić information content (AvgIpc) is 2.95. The van der Waals surface area contributed by atoms with Gasteiger partial charge < -0.3 is 14.5 Å². The summed E-state index contributed by atoms with van der Waals surface area (Å²) in [7, 11) is 1.90. The summed E-state index contributed by atoms with van der Waals surface area (Å²) >= 11 is 0. The van der Waals surface area contributed by atoms with Gasteiger partial charge in [0.15, 0.2) is 5.75 Å². The SMILES string of the molecule is CCCn1cc(OCc2cc(CNC)oc2C)cn1. The summed E-state index contributed by atoms with van der Waals surface area (Å²) < 4.78 is 13.2. The van der Waals surface area contributed by atoms with Gasteiger partial charge in [-0.1, -0.05) is 6.92 Å². The summed E-state index contributed by atoms with van der Waals surface area (Å²) in [5.74, 6) is 2.63. The lowest BCUT2D eigenvalue weighted by atomic mass is 10.2. The third-order valence-corrected chi connectivity index (χ3v) is 2.88. The molecule has 0 aliphatic rings. The first-order chi connectivity index (χ1) is 9.22. The Bertz CT molecular complexity index is 516. The molecule has 0 atom stereocenters. The lowest BCUT2D eigenvalue weighted by molar-refractivity contribution is 0.302. The minimum atomic E-state index is 0.511. The Kier molecular flexibility index (Phi) is 4.63. The third-order valence-electron chi connectivity index (χ3n) is 2.88. The van der Waals surface area contributed by atoms with Crippen molar-refractivity contribution >= 4 is 0 Å². The van der Waals surface area contributed by atoms with Crippen LogP contribution in [0.3, 0.4) is 0 Å². The summed E-state index contributed by atoms with van der Waals surface area (Å²) in [4.78, 5) is 0. The standard InChI is InChI=1S/C14H21N3O2/c1-4-5-17-9-14(8-16-17)18-10-12-6-13(7-15-3)19-11(12)2/h6,8-9,15H,4-5,7,10H2,1-3H3. The molecule has 0 radical (unpaired) electrons. The quantitative estimate of drug-likeness (QED) is 0.834. The number of hydrogen-bond donors (Lipinski definition) is 1. The van der Waals surface area contributed by atoms with E-state index in [4.69, 9.17) is 9.15 Å². The fourth-order valence-electron chi connectivity index (χ4n) is 1.92. The van der Waals surface area contributed by atoms with Crippen LogP contribution in [0, 0.1) is 6.92 Å². The molecule has 19 heavy (non-hydrogen) atoms. The molecule has 2 heterocycles. The summed E-state index contributed by atoms with van der Waals surface area (Å²) in [6.07, 6.45) is 4.74. The second-order valence-corrected chi connectivity index (χ2v) is 4.55. The Balaban J connectivity index is 1.93. The van der Waals surface area contributed by atoms with Crippen LogP contribution in [0.15, 0.2) is 22.9 Å². The Morgan fingerprint density at radius 2 is 2.32 bits per heavy atom. The number of aryl methyl sites for hydroxylation is 2. The summed E-state index contributed by atoms with van der Waals surface area (Å²) in [6.45, 7) is 6.24. The molecule has 5 heteroatoms. The van der Waals surface area contributed by atoms with Crippen LogP contribution in [0.1, 0.15) is 30.4 Å². The fraction of sp³-hybridized carbons (Fsp3) is 0.500. The van der Waals surface area contributed by atoms with Crippen molar-refractivity contribution in [3.05, 3.63) is 35.5 Å². The van der Waals surface area contributed by atoms with E-state index in [1.807, 2.05) is 30.9 Å². The molecule has 0 fully saturated rings. The van der Waals surface area contributed by atoms with Crippen LogP contribution in [0.5, 0.6) is 5.75 Å². The lowest BCUT2D eigenvalue weighted by Gasteiger charge is -2.01. The van der Waals surface area contributed by atoms with Crippen LogP contribution in [0.2, 0.25) is 0 Å². The molecule has 2 aromatic heterocycles. The number of hydrogen-bond acceptors (Lipinski definition) is 4. The zero-order valence-corrected chi connectivity index (χ0v) is 11.8. The first kappa shape index (κ1) is 13.7. The van der Waals surface area contributed by atoms with Gasteiger partial charge >= 0.3 is 0 Å². The molecule has 1 N–H and O–H groups in total. The number of nitrogens with zero attached hydrogens (tertiary/aromatic N) is 2. The van der Waals surface area contributed by atoms with Crippen LogP contribution in [0.25, 0.3) is 0 Å². The van der Waals surface area contributed by atoms with E-state index in [2.05, 4.69) is 17.3 Å². The highest BCUT2D eigenvalue weighted by Gasteiger charge is 2.08. The molecule has 0 aliphatic heterocycles. The van der Waals surface area contributed by atoms with Crippen molar-refractivity contribution in [3.63, 3.8) is 0 Å². The van der Waals surface area contributed by atoms with Crippen LogP contribution in [0.4, 0.5) is 0 Å². The summed E-state index contributed by atoms with van der Waals surface area (Å²) in [6, 6.07) is 2.03. The molecular weight excluding hydrogens is 242 g/mol. The van der Waals surface area contributed by atoms with Gasteiger partial charge in [0.25, 0.3) is 0 Å². The monoisotopic (exact) mass is 263 g/mol. The Hall–Kier alpha value is -1.75. The predicted molar refractivity (Wildman–Crippen MR) is 73.1 cm³/mol. The number of aromatic nitrogens is 2. The van der Waals surface area contributed by atoms with Crippen molar-refractivity contribution in [2.45, 2.75) is 40.0 Å². The normalized spacial score (nSPS) is 10.9. The second-order valence-electron chi connectivity index (χ2n) is 4.55. The Morgan fingerprint density at radius 3 is 3.05 bits per heavy atom. The maximum absolute atomic E-state index is 5.73. The smallest absolute Gasteiger partial charge is 0.157 e. The van der Waals surface area contributed by atoms with Crippen molar-refractivity contribution in [1.29, 1.82) is 0 Å². The van der Waals surface area contributed by atoms with Gasteiger partial charge in [-0.3, -0.25) is 4.68 Å². The molecular formula is C14H21N3O2. The molecule has 5 nitrogen and oxygen atoms in total. The van der Waals surface area contributed by atoms with E-state index in [-0.39, 0.29) is 0 Å². The highest BCUT2D eigenvalue weighted by Crippen LogP contribution is 2.17. The van der Waals surface area contributed by atoms with Crippen molar-refractivity contribution < 1.29 is 9.15 Å². The van der Waals surface area contributed by atoms with Crippen molar-refractivity contribution in [3.8, 4) is 5.75 Å². The van der Waals surface area contributed by atoms with Crippen LogP contribution >= 0.6 is 0 Å². The number of furan rings is 1. The lowest BCUT2D eigenvalue weighted by Crippen LogP contribution is -2.03. The second kappa shape index (κ2) is 6.43. The van der Waals surface area contributed by atoms with E-state index in [1.54, 1.807) is 6.20 Å². The average molecular weight is 263 g/mol.